The van der Waals surface area contributed by atoms with Crippen LogP contribution in [0.4, 0.5) is 0 Å². The van der Waals surface area contributed by atoms with E-state index in [1.54, 1.807) is 23.9 Å². The van der Waals surface area contributed by atoms with Crippen LogP contribution in [0, 0.1) is 35.7 Å². The van der Waals surface area contributed by atoms with Gasteiger partial charge in [-0.2, -0.15) is 0 Å². The number of phenolic OH excluding ortho intramolecular Hbond substituents is 1. The van der Waals surface area contributed by atoms with Crippen molar-refractivity contribution in [2.45, 2.75) is 75.9 Å². The zero-order chi connectivity index (χ0) is 27.5. The lowest BCUT2D eigenvalue weighted by Crippen LogP contribution is -2.61. The van der Waals surface area contributed by atoms with Crippen molar-refractivity contribution in [1.29, 1.82) is 0 Å². The number of hydrogen-bond acceptors (Lipinski definition) is 6. The first-order chi connectivity index (χ1) is 18.5. The average molecular weight is 776 g/mol. The number of carbonyl (C=O) groups is 1. The van der Waals surface area contributed by atoms with Crippen molar-refractivity contribution in [1.82, 2.24) is 4.90 Å². The van der Waals surface area contributed by atoms with Crippen LogP contribution in [-0.2, 0) is 0 Å². The molecule has 9 heteroatoms. The highest BCUT2D eigenvalue weighted by atomic mass is 127. The molecular formula is C30H37I2N2O4S+. The van der Waals surface area contributed by atoms with E-state index in [1.807, 2.05) is 0 Å². The molecule has 3 N–H and O–H groups in total. The van der Waals surface area contributed by atoms with Crippen LogP contribution in [0.5, 0.6) is 5.75 Å². The maximum absolute atomic E-state index is 13.3. The second-order valence-electron chi connectivity index (χ2n) is 13.2. The van der Waals surface area contributed by atoms with Crippen molar-refractivity contribution >= 4 is 67.9 Å². The van der Waals surface area contributed by atoms with Gasteiger partial charge in [0.05, 0.1) is 18.5 Å². The van der Waals surface area contributed by atoms with Crippen molar-refractivity contribution in [2.75, 3.05) is 19.6 Å². The van der Waals surface area contributed by atoms with Gasteiger partial charge in [0.2, 0.25) is 11.5 Å². The molecule has 0 spiro atoms. The van der Waals surface area contributed by atoms with Crippen LogP contribution in [0.25, 0.3) is 0 Å². The van der Waals surface area contributed by atoms with Gasteiger partial charge < -0.3 is 15.3 Å². The molecule has 0 aromatic heterocycles. The van der Waals surface area contributed by atoms with E-state index < -0.39 is 5.72 Å². The second-order valence-corrected chi connectivity index (χ2v) is 16.7. The Kier molecular flexibility index (Phi) is 6.56. The number of thioether (sulfide) groups is 1. The SMILES string of the molecule is CC12CCC(O)CC1=CCC1C2CCC2(C)C1CC1SC3=[N+](CC(=O)c4cc(I)c(O)c(I)c4)CCN3C12O. The molecule has 1 saturated heterocycles. The molecule has 4 fully saturated rings. The van der Waals surface area contributed by atoms with Gasteiger partial charge in [-0.1, -0.05) is 25.5 Å². The number of hydrogen-bond donors (Lipinski definition) is 3. The molecule has 0 bridgehead atoms. The number of halogens is 2. The van der Waals surface area contributed by atoms with E-state index >= 15 is 0 Å². The number of aliphatic hydroxyl groups excluding tert-OH is 1. The zero-order valence-corrected chi connectivity index (χ0v) is 27.6. The van der Waals surface area contributed by atoms with E-state index in [4.69, 9.17) is 0 Å². The Morgan fingerprint density at radius 2 is 1.92 bits per heavy atom. The number of rotatable bonds is 3. The highest BCUT2D eigenvalue weighted by Crippen LogP contribution is 2.70. The third kappa shape index (κ3) is 3.77. The molecule has 1 aromatic rings. The fourth-order valence-corrected chi connectivity index (χ4v) is 13.1. The number of Topliss-reactive ketones (excluding diaryl/α,β-unsaturated/α-hetero) is 1. The monoisotopic (exact) mass is 775 g/mol. The predicted molar refractivity (Wildman–Crippen MR) is 169 cm³/mol. The lowest BCUT2D eigenvalue weighted by atomic mass is 9.47. The van der Waals surface area contributed by atoms with Gasteiger partial charge in [-0.3, -0.25) is 4.79 Å². The first kappa shape index (κ1) is 27.5. The van der Waals surface area contributed by atoms with Gasteiger partial charge in [-0.15, -0.1) is 0 Å². The largest absolute Gasteiger partial charge is 0.506 e. The van der Waals surface area contributed by atoms with E-state index in [1.165, 1.54) is 5.57 Å². The Bertz CT molecular complexity index is 1310. The minimum absolute atomic E-state index is 0.0464. The Balaban J connectivity index is 1.16. The Morgan fingerprint density at radius 3 is 2.67 bits per heavy atom. The number of benzene rings is 1. The molecule has 2 aliphatic heterocycles. The van der Waals surface area contributed by atoms with Crippen LogP contribution in [0.3, 0.4) is 0 Å². The standard InChI is InChI=1S/C30H36I2N2O4S/c1-28-7-5-18(35)13-17(28)3-4-19-20(28)6-8-29(2)21(19)14-25-30(29,38)34-10-9-33(27(34)39-25)15-24(36)16-11-22(31)26(37)23(32)12-16/h3,11-12,18-21,25,35,38H,4-10,13-15H2,1-2H3/p+1. The molecule has 3 saturated carbocycles. The normalized spacial score (nSPS) is 42.5. The second kappa shape index (κ2) is 9.31. The third-order valence-corrected chi connectivity index (χ3v) is 14.8. The quantitative estimate of drug-likeness (QED) is 0.170. The lowest BCUT2D eigenvalue weighted by Gasteiger charge is -2.58. The summed E-state index contributed by atoms with van der Waals surface area (Å²) in [5, 5.41) is 34.3. The number of fused-ring (bicyclic) bond motifs is 9. The maximum Gasteiger partial charge on any atom is 0.312 e. The number of amidine groups is 1. The number of phenols is 1. The average Bonchev–Trinajstić information content (AvgIpc) is 3.49. The number of carbonyl (C=O) groups excluding carboxylic acids is 1. The highest BCUT2D eigenvalue weighted by Gasteiger charge is 2.76. The summed E-state index contributed by atoms with van der Waals surface area (Å²) in [6.07, 6.45) is 9.39. The fourth-order valence-electron chi connectivity index (χ4n) is 9.53. The maximum atomic E-state index is 13.3. The topological polar surface area (TPSA) is 84.0 Å². The summed E-state index contributed by atoms with van der Waals surface area (Å²) < 4.78 is 3.55. The van der Waals surface area contributed by atoms with Crippen molar-refractivity contribution in [3.8, 4) is 5.75 Å². The predicted octanol–water partition coefficient (Wildman–Crippen LogP) is 5.21. The van der Waals surface area contributed by atoms with Crippen LogP contribution in [-0.4, -0.2) is 72.5 Å². The molecule has 0 amide bonds. The van der Waals surface area contributed by atoms with E-state index in [2.05, 4.69) is 74.6 Å². The molecule has 8 atom stereocenters. The van der Waals surface area contributed by atoms with Gasteiger partial charge in [-0.25, -0.2) is 9.48 Å². The first-order valence-corrected chi connectivity index (χ1v) is 17.4. The molecule has 6 nitrogen and oxygen atoms in total. The first-order valence-electron chi connectivity index (χ1n) is 14.3. The molecule has 6 aliphatic rings. The van der Waals surface area contributed by atoms with E-state index in [0.717, 1.165) is 63.2 Å². The Hall–Kier alpha value is -0.370. The number of allylic oxidation sites excluding steroid dienone is 1. The third-order valence-electron chi connectivity index (χ3n) is 11.7. The Morgan fingerprint density at radius 1 is 1.18 bits per heavy atom. The lowest BCUT2D eigenvalue weighted by molar-refractivity contribution is -0.501. The summed E-state index contributed by atoms with van der Waals surface area (Å²) in [7, 11) is 0. The van der Waals surface area contributed by atoms with Crippen molar-refractivity contribution in [3.05, 3.63) is 36.5 Å². The summed E-state index contributed by atoms with van der Waals surface area (Å²) in [5.74, 6) is 1.99. The Labute approximate surface area is 262 Å². The van der Waals surface area contributed by atoms with Gasteiger partial charge in [0.15, 0.2) is 0 Å². The summed E-state index contributed by atoms with van der Waals surface area (Å²) in [4.78, 5) is 15.6. The summed E-state index contributed by atoms with van der Waals surface area (Å²) in [5.41, 5.74) is 1.26. The van der Waals surface area contributed by atoms with Crippen LogP contribution >= 0.6 is 56.9 Å². The molecule has 7 rings (SSSR count). The zero-order valence-electron chi connectivity index (χ0n) is 22.5. The van der Waals surface area contributed by atoms with E-state index in [0.29, 0.717) is 37.0 Å². The number of nitrogens with zero attached hydrogens (tertiary/aromatic N) is 2. The molecule has 4 aliphatic carbocycles. The molecule has 2 heterocycles. The minimum atomic E-state index is -0.878. The van der Waals surface area contributed by atoms with Crippen LogP contribution in [0.2, 0.25) is 0 Å². The van der Waals surface area contributed by atoms with Crippen LogP contribution in [0.1, 0.15) is 69.2 Å². The molecule has 8 unspecified atom stereocenters. The summed E-state index contributed by atoms with van der Waals surface area (Å²) in [6, 6.07) is 3.54. The molecule has 210 valence electrons. The highest BCUT2D eigenvalue weighted by molar-refractivity contribution is 14.1. The summed E-state index contributed by atoms with van der Waals surface area (Å²) >= 11 is 5.96. The van der Waals surface area contributed by atoms with Gasteiger partial charge in [-0.05, 0) is 137 Å². The molecule has 1 aromatic carbocycles. The number of aromatic hydroxyl groups is 1. The summed E-state index contributed by atoms with van der Waals surface area (Å²) in [6.45, 7) is 6.61. The van der Waals surface area contributed by atoms with Crippen molar-refractivity contribution in [3.63, 3.8) is 0 Å². The molecule has 0 radical (unpaired) electrons. The van der Waals surface area contributed by atoms with Crippen LogP contribution < -0.4 is 0 Å². The smallest absolute Gasteiger partial charge is 0.312 e. The minimum Gasteiger partial charge on any atom is -0.506 e. The fraction of sp³-hybridized carbons (Fsp3) is 0.667. The number of aliphatic hydroxyl groups is 2. The van der Waals surface area contributed by atoms with Gasteiger partial charge >= 0.3 is 5.17 Å². The number of ketones is 1. The molecular weight excluding hydrogens is 738 g/mol. The van der Waals surface area contributed by atoms with Gasteiger partial charge in [0.25, 0.3) is 0 Å². The van der Waals surface area contributed by atoms with Crippen molar-refractivity contribution < 1.29 is 24.7 Å². The van der Waals surface area contributed by atoms with Gasteiger partial charge in [0.1, 0.15) is 25.4 Å². The van der Waals surface area contributed by atoms with E-state index in [9.17, 15) is 20.1 Å². The van der Waals surface area contributed by atoms with Crippen molar-refractivity contribution in [2.24, 2.45) is 28.6 Å². The van der Waals surface area contributed by atoms with Gasteiger partial charge in [0, 0.05) is 11.0 Å². The van der Waals surface area contributed by atoms with E-state index in [-0.39, 0.29) is 33.7 Å². The van der Waals surface area contributed by atoms with Crippen LogP contribution in [0.15, 0.2) is 23.8 Å². The molecule has 39 heavy (non-hydrogen) atoms.